The Bertz CT molecular complexity index is 1310. The number of H-pyrrole nitrogens is 1. The lowest BCUT2D eigenvalue weighted by atomic mass is 9.90. The Morgan fingerprint density at radius 3 is 2.74 bits per heavy atom. The highest BCUT2D eigenvalue weighted by Gasteiger charge is 2.29. The molecule has 0 bridgehead atoms. The molecular formula is C28H34N2O4S. The van der Waals surface area contributed by atoms with E-state index in [0.29, 0.717) is 18.5 Å². The summed E-state index contributed by atoms with van der Waals surface area (Å²) in [5.41, 5.74) is 2.16. The standard InChI is InChI=1S/C28H34N2O4S/c1-17-10-22-24(29-17)6-5-7-25(22)34-16-20(31)15-30-9-8-19(11-18(30)2)27-14-23-26(33-4)12-21(32-3)13-28(23)35-27/h5-7,10,12-14,18-20,29,31H,8-9,11,15-16H2,1-4H3/t18-,19-,20?/m0/s1. The molecule has 1 aliphatic rings. The first-order valence-corrected chi connectivity index (χ1v) is 13.1. The third-order valence-corrected chi connectivity index (χ3v) is 8.34. The van der Waals surface area contributed by atoms with Crippen LogP contribution in [0.3, 0.4) is 0 Å². The number of rotatable bonds is 8. The third-order valence-electron chi connectivity index (χ3n) is 7.10. The maximum Gasteiger partial charge on any atom is 0.131 e. The van der Waals surface area contributed by atoms with E-state index in [0.717, 1.165) is 58.6 Å². The molecule has 1 unspecified atom stereocenters. The molecule has 0 saturated carbocycles. The number of methoxy groups -OCH3 is 2. The van der Waals surface area contributed by atoms with Crippen LogP contribution in [0.25, 0.3) is 21.0 Å². The van der Waals surface area contributed by atoms with Crippen LogP contribution >= 0.6 is 11.3 Å². The van der Waals surface area contributed by atoms with Crippen LogP contribution in [0.15, 0.2) is 42.5 Å². The molecule has 1 fully saturated rings. The van der Waals surface area contributed by atoms with Gasteiger partial charge in [-0.3, -0.25) is 4.90 Å². The number of aliphatic hydroxyl groups excluding tert-OH is 1. The minimum Gasteiger partial charge on any atom is -0.497 e. The first-order chi connectivity index (χ1) is 16.9. The van der Waals surface area contributed by atoms with Gasteiger partial charge in [-0.15, -0.1) is 11.3 Å². The van der Waals surface area contributed by atoms with Crippen LogP contribution in [0.4, 0.5) is 0 Å². The molecule has 0 aliphatic carbocycles. The zero-order chi connectivity index (χ0) is 24.5. The lowest BCUT2D eigenvalue weighted by Crippen LogP contribution is -2.45. The second-order valence-corrected chi connectivity index (χ2v) is 10.7. The molecule has 0 spiro atoms. The highest BCUT2D eigenvalue weighted by Crippen LogP contribution is 2.42. The molecule has 1 saturated heterocycles. The molecule has 3 heterocycles. The zero-order valence-electron chi connectivity index (χ0n) is 20.8. The minimum absolute atomic E-state index is 0.286. The number of aromatic nitrogens is 1. The lowest BCUT2D eigenvalue weighted by molar-refractivity contribution is 0.0408. The normalized spacial score (nSPS) is 19.8. The van der Waals surface area contributed by atoms with Gasteiger partial charge in [0.15, 0.2) is 0 Å². The van der Waals surface area contributed by atoms with E-state index >= 15 is 0 Å². The van der Waals surface area contributed by atoms with E-state index in [-0.39, 0.29) is 6.61 Å². The number of β-amino-alcohol motifs (C(OH)–C–C–N with tert-alkyl or cyclic N) is 1. The number of fused-ring (bicyclic) bond motifs is 2. The van der Waals surface area contributed by atoms with Gasteiger partial charge in [0, 0.05) is 50.2 Å². The molecule has 0 radical (unpaired) electrons. The average molecular weight is 495 g/mol. The van der Waals surface area contributed by atoms with Crippen LogP contribution in [0.2, 0.25) is 0 Å². The van der Waals surface area contributed by atoms with Crippen LogP contribution in [0.1, 0.15) is 36.3 Å². The van der Waals surface area contributed by atoms with Crippen molar-refractivity contribution >= 4 is 32.3 Å². The molecule has 186 valence electrons. The summed E-state index contributed by atoms with van der Waals surface area (Å²) < 4.78 is 18.3. The summed E-state index contributed by atoms with van der Waals surface area (Å²) in [6.45, 7) is 6.17. The zero-order valence-corrected chi connectivity index (χ0v) is 21.7. The van der Waals surface area contributed by atoms with Crippen LogP contribution in [-0.2, 0) is 0 Å². The Morgan fingerprint density at radius 2 is 1.97 bits per heavy atom. The van der Waals surface area contributed by atoms with Gasteiger partial charge in [0.1, 0.15) is 30.0 Å². The van der Waals surface area contributed by atoms with E-state index in [9.17, 15) is 5.11 Å². The summed E-state index contributed by atoms with van der Waals surface area (Å²) in [5.74, 6) is 3.01. The smallest absolute Gasteiger partial charge is 0.131 e. The van der Waals surface area contributed by atoms with Crippen molar-refractivity contribution in [3.63, 3.8) is 0 Å². The van der Waals surface area contributed by atoms with Gasteiger partial charge in [-0.25, -0.2) is 0 Å². The largest absolute Gasteiger partial charge is 0.497 e. The molecule has 2 N–H and O–H groups in total. The van der Waals surface area contributed by atoms with E-state index in [4.69, 9.17) is 14.2 Å². The summed E-state index contributed by atoms with van der Waals surface area (Å²) in [6, 6.07) is 14.8. The van der Waals surface area contributed by atoms with Gasteiger partial charge < -0.3 is 24.3 Å². The first-order valence-electron chi connectivity index (χ1n) is 12.2. The van der Waals surface area contributed by atoms with Crippen molar-refractivity contribution in [3.05, 3.63) is 53.0 Å². The number of piperidine rings is 1. The van der Waals surface area contributed by atoms with E-state index < -0.39 is 6.10 Å². The van der Waals surface area contributed by atoms with Crippen LogP contribution in [-0.4, -0.2) is 61.1 Å². The number of ether oxygens (including phenoxy) is 3. The number of aliphatic hydroxyl groups is 1. The fourth-order valence-corrected chi connectivity index (χ4v) is 6.50. The molecule has 4 aromatic rings. The average Bonchev–Trinajstić information content (AvgIpc) is 3.46. The Morgan fingerprint density at radius 1 is 1.11 bits per heavy atom. The Kier molecular flexibility index (Phi) is 6.91. The van der Waals surface area contributed by atoms with Crippen LogP contribution < -0.4 is 14.2 Å². The van der Waals surface area contributed by atoms with Crippen molar-refractivity contribution in [1.82, 2.24) is 9.88 Å². The van der Waals surface area contributed by atoms with Crippen molar-refractivity contribution in [2.45, 2.75) is 44.8 Å². The highest BCUT2D eigenvalue weighted by atomic mass is 32.1. The summed E-state index contributed by atoms with van der Waals surface area (Å²) in [6.07, 6.45) is 1.61. The van der Waals surface area contributed by atoms with Gasteiger partial charge in [-0.2, -0.15) is 0 Å². The molecular weight excluding hydrogens is 460 g/mol. The molecule has 7 heteroatoms. The predicted molar refractivity (Wildman–Crippen MR) is 142 cm³/mol. The fourth-order valence-electron chi connectivity index (χ4n) is 5.24. The Hall–Kier alpha value is -2.74. The summed E-state index contributed by atoms with van der Waals surface area (Å²) in [7, 11) is 3.40. The van der Waals surface area contributed by atoms with Crippen LogP contribution in [0.5, 0.6) is 17.2 Å². The molecule has 3 atom stereocenters. The monoisotopic (exact) mass is 494 g/mol. The number of thiophene rings is 1. The molecule has 2 aromatic carbocycles. The van der Waals surface area contributed by atoms with Gasteiger partial charge >= 0.3 is 0 Å². The van der Waals surface area contributed by atoms with Gasteiger partial charge in [0.2, 0.25) is 0 Å². The van der Waals surface area contributed by atoms with E-state index in [1.807, 2.05) is 42.5 Å². The second kappa shape index (κ2) is 10.1. The SMILES string of the molecule is COc1cc(OC)c2cc([C@H]3CCN(CC(O)COc4cccc5[nH]c(C)cc45)[C@@H](C)C3)sc2c1. The number of likely N-dealkylation sites (tertiary alicyclic amines) is 1. The van der Waals surface area contributed by atoms with E-state index in [2.05, 4.69) is 35.0 Å². The maximum atomic E-state index is 10.7. The van der Waals surface area contributed by atoms with Gasteiger partial charge in [0.25, 0.3) is 0 Å². The summed E-state index contributed by atoms with van der Waals surface area (Å²) in [5, 5.41) is 13.0. The first kappa shape index (κ1) is 24.0. The molecule has 2 aromatic heterocycles. The second-order valence-electron chi connectivity index (χ2n) is 9.59. The van der Waals surface area contributed by atoms with E-state index in [1.54, 1.807) is 14.2 Å². The highest BCUT2D eigenvalue weighted by molar-refractivity contribution is 7.19. The van der Waals surface area contributed by atoms with Crippen molar-refractivity contribution in [2.75, 3.05) is 33.9 Å². The minimum atomic E-state index is -0.537. The Labute approximate surface area is 210 Å². The van der Waals surface area contributed by atoms with Gasteiger partial charge in [0.05, 0.1) is 14.2 Å². The van der Waals surface area contributed by atoms with E-state index in [1.165, 1.54) is 9.58 Å². The molecule has 5 rings (SSSR count). The fraction of sp³-hybridized carbons (Fsp3) is 0.429. The topological polar surface area (TPSA) is 67.0 Å². The molecule has 6 nitrogen and oxygen atoms in total. The summed E-state index contributed by atoms with van der Waals surface area (Å²) >= 11 is 1.84. The predicted octanol–water partition coefficient (Wildman–Crippen LogP) is 5.72. The third kappa shape index (κ3) is 4.99. The number of aryl methyl sites for hydroxylation is 1. The van der Waals surface area contributed by atoms with Gasteiger partial charge in [-0.1, -0.05) is 6.07 Å². The number of hydrogen-bond acceptors (Lipinski definition) is 6. The van der Waals surface area contributed by atoms with Crippen LogP contribution in [0, 0.1) is 6.92 Å². The maximum absolute atomic E-state index is 10.7. The number of hydrogen-bond donors (Lipinski definition) is 2. The lowest BCUT2D eigenvalue weighted by Gasteiger charge is -2.38. The Balaban J connectivity index is 1.20. The number of aromatic amines is 1. The number of nitrogens with one attached hydrogen (secondary N) is 1. The van der Waals surface area contributed by atoms with Crippen molar-refractivity contribution < 1.29 is 19.3 Å². The summed E-state index contributed by atoms with van der Waals surface area (Å²) in [4.78, 5) is 7.12. The quantitative estimate of drug-likeness (QED) is 0.328. The molecule has 1 aliphatic heterocycles. The number of nitrogens with zero attached hydrogens (tertiary/aromatic N) is 1. The molecule has 35 heavy (non-hydrogen) atoms. The number of benzene rings is 2. The van der Waals surface area contributed by atoms with Crippen molar-refractivity contribution in [3.8, 4) is 17.2 Å². The van der Waals surface area contributed by atoms with Crippen molar-refractivity contribution in [2.24, 2.45) is 0 Å². The van der Waals surface area contributed by atoms with Crippen molar-refractivity contribution in [1.29, 1.82) is 0 Å². The van der Waals surface area contributed by atoms with Gasteiger partial charge in [-0.05, 0) is 69.5 Å². The molecule has 0 amide bonds.